The van der Waals surface area contributed by atoms with Crippen LogP contribution >= 0.6 is 11.3 Å². The first-order chi connectivity index (χ1) is 9.13. The van der Waals surface area contributed by atoms with Crippen LogP contribution in [-0.2, 0) is 19.6 Å². The molecule has 0 spiro atoms. The maximum Gasteiger partial charge on any atom is 0.0946 e. The van der Waals surface area contributed by atoms with Gasteiger partial charge in [-0.25, -0.2) is 4.98 Å². The second-order valence-corrected chi connectivity index (χ2v) is 6.19. The summed E-state index contributed by atoms with van der Waals surface area (Å²) < 4.78 is 2.11. The summed E-state index contributed by atoms with van der Waals surface area (Å²) in [7, 11) is 6.38. The van der Waals surface area contributed by atoms with Crippen molar-refractivity contribution in [1.29, 1.82) is 0 Å². The number of hydrogen-bond donors (Lipinski definition) is 0. The maximum atomic E-state index is 4.06. The van der Waals surface area contributed by atoms with Gasteiger partial charge in [-0.15, -0.1) is 11.3 Å². The van der Waals surface area contributed by atoms with Crippen LogP contribution in [0.15, 0.2) is 30.2 Å². The Balaban J connectivity index is 1.78. The van der Waals surface area contributed by atoms with Crippen LogP contribution in [0, 0.1) is 0 Å². The predicted molar refractivity (Wildman–Crippen MR) is 80.3 cm³/mol. The fourth-order valence-corrected chi connectivity index (χ4v) is 2.97. The highest BCUT2D eigenvalue weighted by molar-refractivity contribution is 7.10. The van der Waals surface area contributed by atoms with Gasteiger partial charge in [-0.3, -0.25) is 4.90 Å². The molecule has 0 aliphatic carbocycles. The van der Waals surface area contributed by atoms with Crippen LogP contribution in [0.1, 0.15) is 10.4 Å². The van der Waals surface area contributed by atoms with Crippen molar-refractivity contribution >= 4 is 11.3 Å². The van der Waals surface area contributed by atoms with E-state index in [9.17, 15) is 0 Å². The summed E-state index contributed by atoms with van der Waals surface area (Å²) in [5, 5.41) is 2.26. The van der Waals surface area contributed by atoms with Crippen LogP contribution in [0.3, 0.4) is 0 Å². The van der Waals surface area contributed by atoms with E-state index in [-0.39, 0.29) is 0 Å². The Morgan fingerprint density at radius 3 is 2.79 bits per heavy atom. The smallest absolute Gasteiger partial charge is 0.0946 e. The van der Waals surface area contributed by atoms with Gasteiger partial charge >= 0.3 is 0 Å². The van der Waals surface area contributed by atoms with Crippen LogP contribution in [0.2, 0.25) is 0 Å². The van der Waals surface area contributed by atoms with Gasteiger partial charge in [0, 0.05) is 43.4 Å². The average Bonchev–Trinajstić information content (AvgIpc) is 2.97. The SMILES string of the molecule is CN(C)Cc1csc(CN(C)CCn2ccnc2)c1. The zero-order valence-corrected chi connectivity index (χ0v) is 12.7. The first-order valence-corrected chi connectivity index (χ1v) is 7.37. The van der Waals surface area contributed by atoms with E-state index >= 15 is 0 Å². The molecular formula is C14H22N4S. The number of thiophene rings is 1. The van der Waals surface area contributed by atoms with Crippen molar-refractivity contribution in [3.05, 3.63) is 40.6 Å². The highest BCUT2D eigenvalue weighted by atomic mass is 32.1. The molecule has 2 aromatic rings. The molecular weight excluding hydrogens is 256 g/mol. The summed E-state index contributed by atoms with van der Waals surface area (Å²) in [6.07, 6.45) is 5.70. The number of likely N-dealkylation sites (N-methyl/N-ethyl adjacent to an activating group) is 1. The van der Waals surface area contributed by atoms with E-state index in [0.717, 1.165) is 26.2 Å². The normalized spacial score (nSPS) is 11.6. The number of aromatic nitrogens is 2. The van der Waals surface area contributed by atoms with Gasteiger partial charge in [0.2, 0.25) is 0 Å². The highest BCUT2D eigenvalue weighted by Gasteiger charge is 2.05. The fourth-order valence-electron chi connectivity index (χ4n) is 2.01. The molecule has 104 valence electrons. The lowest BCUT2D eigenvalue weighted by Gasteiger charge is -2.15. The van der Waals surface area contributed by atoms with Gasteiger partial charge < -0.3 is 9.47 Å². The molecule has 5 heteroatoms. The molecule has 0 N–H and O–H groups in total. The molecule has 0 saturated carbocycles. The molecule has 2 heterocycles. The Morgan fingerprint density at radius 1 is 1.26 bits per heavy atom. The molecule has 2 aromatic heterocycles. The highest BCUT2D eigenvalue weighted by Crippen LogP contribution is 2.17. The molecule has 0 unspecified atom stereocenters. The monoisotopic (exact) mass is 278 g/mol. The van der Waals surface area contributed by atoms with E-state index < -0.39 is 0 Å². The van der Waals surface area contributed by atoms with Crippen molar-refractivity contribution in [3.8, 4) is 0 Å². The number of imidazole rings is 1. The van der Waals surface area contributed by atoms with Gasteiger partial charge in [-0.1, -0.05) is 0 Å². The molecule has 0 bridgehead atoms. The molecule has 0 aliphatic rings. The van der Waals surface area contributed by atoms with Gasteiger partial charge in [0.25, 0.3) is 0 Å². The molecule has 0 fully saturated rings. The molecule has 19 heavy (non-hydrogen) atoms. The lowest BCUT2D eigenvalue weighted by atomic mass is 10.3. The average molecular weight is 278 g/mol. The Kier molecular flexibility index (Phi) is 5.13. The number of rotatable bonds is 7. The minimum absolute atomic E-state index is 0.992. The van der Waals surface area contributed by atoms with Crippen molar-refractivity contribution in [2.75, 3.05) is 27.7 Å². The van der Waals surface area contributed by atoms with Crippen molar-refractivity contribution in [2.24, 2.45) is 0 Å². The van der Waals surface area contributed by atoms with Crippen molar-refractivity contribution in [2.45, 2.75) is 19.6 Å². The molecule has 4 nitrogen and oxygen atoms in total. The fraction of sp³-hybridized carbons (Fsp3) is 0.500. The second kappa shape index (κ2) is 6.84. The van der Waals surface area contributed by atoms with Gasteiger partial charge in [0.15, 0.2) is 0 Å². The van der Waals surface area contributed by atoms with E-state index in [1.54, 1.807) is 0 Å². The summed E-state index contributed by atoms with van der Waals surface area (Å²) in [5.74, 6) is 0. The number of nitrogens with zero attached hydrogens (tertiary/aromatic N) is 4. The second-order valence-electron chi connectivity index (χ2n) is 5.20. The van der Waals surface area contributed by atoms with E-state index in [1.807, 2.05) is 30.1 Å². The lowest BCUT2D eigenvalue weighted by Crippen LogP contribution is -2.22. The van der Waals surface area contributed by atoms with Gasteiger partial charge in [-0.2, -0.15) is 0 Å². The molecule has 0 saturated heterocycles. The van der Waals surface area contributed by atoms with E-state index in [2.05, 4.69) is 51.9 Å². The van der Waals surface area contributed by atoms with Crippen molar-refractivity contribution in [1.82, 2.24) is 19.4 Å². The first kappa shape index (κ1) is 14.2. The Labute approximate surface area is 119 Å². The largest absolute Gasteiger partial charge is 0.336 e. The summed E-state index contributed by atoms with van der Waals surface area (Å²) >= 11 is 1.86. The van der Waals surface area contributed by atoms with Crippen LogP contribution in [0.4, 0.5) is 0 Å². The van der Waals surface area contributed by atoms with Gasteiger partial charge in [0.05, 0.1) is 6.33 Å². The molecule has 0 atom stereocenters. The molecule has 0 radical (unpaired) electrons. The summed E-state index contributed by atoms with van der Waals surface area (Å²) in [4.78, 5) is 10.0. The molecule has 0 aliphatic heterocycles. The van der Waals surface area contributed by atoms with Crippen molar-refractivity contribution < 1.29 is 0 Å². The summed E-state index contributed by atoms with van der Waals surface area (Å²) in [5.41, 5.74) is 1.41. The van der Waals surface area contributed by atoms with Crippen LogP contribution < -0.4 is 0 Å². The Bertz CT molecular complexity index is 475. The molecule has 0 amide bonds. The lowest BCUT2D eigenvalue weighted by molar-refractivity contribution is 0.314. The van der Waals surface area contributed by atoms with Crippen LogP contribution in [0.5, 0.6) is 0 Å². The zero-order valence-electron chi connectivity index (χ0n) is 11.9. The third kappa shape index (κ3) is 4.78. The van der Waals surface area contributed by atoms with E-state index in [1.165, 1.54) is 10.4 Å². The van der Waals surface area contributed by atoms with Gasteiger partial charge in [0.1, 0.15) is 0 Å². The van der Waals surface area contributed by atoms with Gasteiger partial charge in [-0.05, 0) is 38.2 Å². The topological polar surface area (TPSA) is 24.3 Å². The third-order valence-electron chi connectivity index (χ3n) is 2.93. The number of hydrogen-bond acceptors (Lipinski definition) is 4. The summed E-state index contributed by atoms with van der Waals surface area (Å²) in [6, 6.07) is 2.32. The molecule has 2 rings (SSSR count). The standard InChI is InChI=1S/C14H22N4S/c1-16(2)9-13-8-14(19-11-13)10-17(3)6-7-18-5-4-15-12-18/h4-5,8,11-12H,6-7,9-10H2,1-3H3. The van der Waals surface area contributed by atoms with E-state index in [0.29, 0.717) is 0 Å². The first-order valence-electron chi connectivity index (χ1n) is 6.49. The van der Waals surface area contributed by atoms with Crippen LogP contribution in [0.25, 0.3) is 0 Å². The quantitative estimate of drug-likeness (QED) is 0.775. The maximum absolute atomic E-state index is 4.06. The van der Waals surface area contributed by atoms with E-state index in [4.69, 9.17) is 0 Å². The minimum Gasteiger partial charge on any atom is -0.336 e. The Hall–Kier alpha value is -1.17. The van der Waals surface area contributed by atoms with Crippen LogP contribution in [-0.4, -0.2) is 47.0 Å². The third-order valence-corrected chi connectivity index (χ3v) is 3.90. The zero-order chi connectivity index (χ0) is 13.7. The van der Waals surface area contributed by atoms with Crippen molar-refractivity contribution in [3.63, 3.8) is 0 Å². The predicted octanol–water partition coefficient (Wildman–Crippen LogP) is 2.14. The minimum atomic E-state index is 0.992. The summed E-state index contributed by atoms with van der Waals surface area (Å²) in [6.45, 7) is 4.08. The molecule has 0 aromatic carbocycles. The Morgan fingerprint density at radius 2 is 2.11 bits per heavy atom.